The first kappa shape index (κ1) is 7.80. The number of nitrogens with one attached hydrogen (secondary N) is 2. The molecule has 66 valence electrons. The summed E-state index contributed by atoms with van der Waals surface area (Å²) in [5.41, 5.74) is 1.27. The van der Waals surface area contributed by atoms with Crippen LogP contribution < -0.4 is 5.32 Å². The van der Waals surface area contributed by atoms with E-state index in [1.807, 2.05) is 6.20 Å². The standard InChI is InChI=1S/C9H15N3/c1-7-2-4-10-6-8(7)9-3-5-11-12-9/h3,5,7-8,10H,2,4,6H2,1H3,(H,11,12)/t7-,8+/m0/s1. The highest BCUT2D eigenvalue weighted by molar-refractivity contribution is 5.08. The minimum Gasteiger partial charge on any atom is -0.316 e. The molecule has 1 aromatic heterocycles. The molecule has 2 atom stereocenters. The molecule has 0 bridgehead atoms. The summed E-state index contributed by atoms with van der Waals surface area (Å²) in [4.78, 5) is 0. The zero-order chi connectivity index (χ0) is 8.39. The van der Waals surface area contributed by atoms with Gasteiger partial charge in [-0.2, -0.15) is 5.10 Å². The molecule has 0 aliphatic carbocycles. The zero-order valence-corrected chi connectivity index (χ0v) is 7.38. The molecule has 0 aromatic carbocycles. The Morgan fingerprint density at radius 1 is 1.58 bits per heavy atom. The van der Waals surface area contributed by atoms with Gasteiger partial charge in [0.05, 0.1) is 0 Å². The van der Waals surface area contributed by atoms with Gasteiger partial charge in [0, 0.05) is 24.4 Å². The van der Waals surface area contributed by atoms with Crippen LogP contribution in [0.15, 0.2) is 12.3 Å². The molecular weight excluding hydrogens is 150 g/mol. The van der Waals surface area contributed by atoms with Gasteiger partial charge in [0.15, 0.2) is 0 Å². The minimum atomic E-state index is 0.626. The van der Waals surface area contributed by atoms with E-state index in [2.05, 4.69) is 28.5 Å². The van der Waals surface area contributed by atoms with Crippen LogP contribution in [0.25, 0.3) is 0 Å². The van der Waals surface area contributed by atoms with Gasteiger partial charge in [-0.15, -0.1) is 0 Å². The van der Waals surface area contributed by atoms with Crippen LogP contribution in [0.3, 0.4) is 0 Å². The topological polar surface area (TPSA) is 40.7 Å². The summed E-state index contributed by atoms with van der Waals surface area (Å²) >= 11 is 0. The van der Waals surface area contributed by atoms with Crippen molar-refractivity contribution in [3.05, 3.63) is 18.0 Å². The highest BCUT2D eigenvalue weighted by Crippen LogP contribution is 2.26. The Hall–Kier alpha value is -0.830. The Bertz CT molecular complexity index is 230. The average Bonchev–Trinajstić information content (AvgIpc) is 2.57. The van der Waals surface area contributed by atoms with Crippen LogP contribution in [0, 0.1) is 5.92 Å². The SMILES string of the molecule is C[C@H]1CCNC[C@H]1c1ccn[nH]1. The molecule has 2 N–H and O–H groups in total. The van der Waals surface area contributed by atoms with Crippen molar-refractivity contribution in [2.75, 3.05) is 13.1 Å². The summed E-state index contributed by atoms with van der Waals surface area (Å²) in [6, 6.07) is 2.08. The summed E-state index contributed by atoms with van der Waals surface area (Å²) in [5.74, 6) is 1.40. The van der Waals surface area contributed by atoms with E-state index in [9.17, 15) is 0 Å². The first-order chi connectivity index (χ1) is 5.88. The minimum absolute atomic E-state index is 0.626. The van der Waals surface area contributed by atoms with Crippen molar-refractivity contribution in [1.29, 1.82) is 0 Å². The number of H-pyrrole nitrogens is 1. The number of aromatic nitrogens is 2. The molecule has 0 radical (unpaired) electrons. The van der Waals surface area contributed by atoms with Gasteiger partial charge in [-0.25, -0.2) is 0 Å². The quantitative estimate of drug-likeness (QED) is 0.654. The maximum atomic E-state index is 3.98. The lowest BCUT2D eigenvalue weighted by atomic mass is 9.86. The maximum Gasteiger partial charge on any atom is 0.0490 e. The highest BCUT2D eigenvalue weighted by atomic mass is 15.1. The van der Waals surface area contributed by atoms with Gasteiger partial charge in [0.25, 0.3) is 0 Å². The van der Waals surface area contributed by atoms with E-state index in [1.165, 1.54) is 12.1 Å². The lowest BCUT2D eigenvalue weighted by molar-refractivity contribution is 0.342. The van der Waals surface area contributed by atoms with Crippen LogP contribution in [0.5, 0.6) is 0 Å². The second-order valence-electron chi connectivity index (χ2n) is 3.59. The molecule has 1 saturated heterocycles. The van der Waals surface area contributed by atoms with Crippen molar-refractivity contribution in [3.8, 4) is 0 Å². The normalized spacial score (nSPS) is 30.4. The first-order valence-electron chi connectivity index (χ1n) is 4.58. The Kier molecular flexibility index (Phi) is 2.13. The molecule has 2 heterocycles. The molecule has 0 saturated carbocycles. The largest absolute Gasteiger partial charge is 0.316 e. The molecule has 3 nitrogen and oxygen atoms in total. The van der Waals surface area contributed by atoms with Crippen LogP contribution in [0.2, 0.25) is 0 Å². The number of nitrogens with zero attached hydrogens (tertiary/aromatic N) is 1. The molecule has 12 heavy (non-hydrogen) atoms. The molecule has 2 rings (SSSR count). The Morgan fingerprint density at radius 3 is 3.17 bits per heavy atom. The van der Waals surface area contributed by atoms with Gasteiger partial charge in [0.1, 0.15) is 0 Å². The molecule has 1 aliphatic rings. The van der Waals surface area contributed by atoms with Crippen molar-refractivity contribution >= 4 is 0 Å². The van der Waals surface area contributed by atoms with Gasteiger partial charge in [-0.05, 0) is 24.9 Å². The molecule has 1 aliphatic heterocycles. The third-order valence-corrected chi connectivity index (χ3v) is 2.75. The number of piperidine rings is 1. The molecule has 0 spiro atoms. The lowest BCUT2D eigenvalue weighted by Crippen LogP contribution is -2.34. The highest BCUT2D eigenvalue weighted by Gasteiger charge is 2.23. The fourth-order valence-corrected chi connectivity index (χ4v) is 1.88. The van der Waals surface area contributed by atoms with Gasteiger partial charge in [-0.1, -0.05) is 6.92 Å². The van der Waals surface area contributed by atoms with Crippen molar-refractivity contribution < 1.29 is 0 Å². The van der Waals surface area contributed by atoms with E-state index in [1.54, 1.807) is 0 Å². The predicted octanol–water partition coefficient (Wildman–Crippen LogP) is 1.12. The van der Waals surface area contributed by atoms with E-state index in [0.29, 0.717) is 5.92 Å². The molecule has 3 heteroatoms. The lowest BCUT2D eigenvalue weighted by Gasteiger charge is -2.28. The van der Waals surface area contributed by atoms with Crippen molar-refractivity contribution in [2.24, 2.45) is 5.92 Å². The van der Waals surface area contributed by atoms with Crippen molar-refractivity contribution in [3.63, 3.8) is 0 Å². The van der Waals surface area contributed by atoms with Crippen LogP contribution >= 0.6 is 0 Å². The summed E-state index contributed by atoms with van der Waals surface area (Å²) in [6.45, 7) is 4.56. The fourth-order valence-electron chi connectivity index (χ4n) is 1.88. The van der Waals surface area contributed by atoms with E-state index >= 15 is 0 Å². The van der Waals surface area contributed by atoms with Crippen LogP contribution in [0.1, 0.15) is 25.0 Å². The second kappa shape index (κ2) is 3.27. The smallest absolute Gasteiger partial charge is 0.0490 e. The molecule has 1 aromatic rings. The van der Waals surface area contributed by atoms with Gasteiger partial charge >= 0.3 is 0 Å². The summed E-state index contributed by atoms with van der Waals surface area (Å²) in [6.07, 6.45) is 3.10. The Balaban J connectivity index is 2.11. The van der Waals surface area contributed by atoms with E-state index in [4.69, 9.17) is 0 Å². The van der Waals surface area contributed by atoms with Crippen LogP contribution in [-0.4, -0.2) is 23.3 Å². The van der Waals surface area contributed by atoms with Gasteiger partial charge < -0.3 is 5.32 Å². The van der Waals surface area contributed by atoms with Crippen molar-refractivity contribution in [1.82, 2.24) is 15.5 Å². The predicted molar refractivity (Wildman–Crippen MR) is 48.0 cm³/mol. The molecule has 0 amide bonds. The summed E-state index contributed by atoms with van der Waals surface area (Å²) < 4.78 is 0. The number of hydrogen-bond donors (Lipinski definition) is 2. The monoisotopic (exact) mass is 165 g/mol. The molecule has 0 unspecified atom stereocenters. The van der Waals surface area contributed by atoms with Gasteiger partial charge in [-0.3, -0.25) is 5.10 Å². The van der Waals surface area contributed by atoms with E-state index < -0.39 is 0 Å². The second-order valence-corrected chi connectivity index (χ2v) is 3.59. The third-order valence-electron chi connectivity index (χ3n) is 2.75. The number of aromatic amines is 1. The number of rotatable bonds is 1. The van der Waals surface area contributed by atoms with Gasteiger partial charge in [0.2, 0.25) is 0 Å². The number of hydrogen-bond acceptors (Lipinski definition) is 2. The Morgan fingerprint density at radius 2 is 2.50 bits per heavy atom. The van der Waals surface area contributed by atoms with E-state index in [-0.39, 0.29) is 0 Å². The maximum absolute atomic E-state index is 3.98. The van der Waals surface area contributed by atoms with E-state index in [0.717, 1.165) is 19.0 Å². The fraction of sp³-hybridized carbons (Fsp3) is 0.667. The first-order valence-corrected chi connectivity index (χ1v) is 4.58. The van der Waals surface area contributed by atoms with Crippen LogP contribution in [-0.2, 0) is 0 Å². The Labute approximate surface area is 72.6 Å². The molecular formula is C9H15N3. The third kappa shape index (κ3) is 1.37. The van der Waals surface area contributed by atoms with Crippen molar-refractivity contribution in [2.45, 2.75) is 19.3 Å². The zero-order valence-electron chi connectivity index (χ0n) is 7.38. The summed E-state index contributed by atoms with van der Waals surface area (Å²) in [7, 11) is 0. The van der Waals surface area contributed by atoms with Crippen LogP contribution in [0.4, 0.5) is 0 Å². The molecule has 1 fully saturated rings. The summed E-state index contributed by atoms with van der Waals surface area (Å²) in [5, 5.41) is 10.4. The average molecular weight is 165 g/mol.